The zero-order valence-corrected chi connectivity index (χ0v) is 16.6. The fraction of sp³-hybridized carbons (Fsp3) is 0. The molecule has 4 rings (SSSR count). The van der Waals surface area contributed by atoms with Gasteiger partial charge in [0, 0.05) is 17.2 Å². The second-order valence-electron chi connectivity index (χ2n) is 6.10. The minimum Gasteiger partial charge on any atom is -0.477 e. The highest BCUT2D eigenvalue weighted by molar-refractivity contribution is 8.04. The Labute approximate surface area is 178 Å². The van der Waals surface area contributed by atoms with Gasteiger partial charge in [-0.2, -0.15) is 0 Å². The molecular weight excluding hydrogens is 430 g/mol. The Morgan fingerprint density at radius 1 is 1.23 bits per heavy atom. The number of hydrogen-bond acceptors (Lipinski definition) is 6. The van der Waals surface area contributed by atoms with Crippen LogP contribution < -0.4 is 0 Å². The molecule has 8 nitrogen and oxygen atoms in total. The number of carboxylic acid groups (broad SMARTS) is 1. The molecule has 0 bridgehead atoms. The molecule has 0 atom stereocenters. The molecule has 0 saturated heterocycles. The van der Waals surface area contributed by atoms with Crippen LogP contribution in [0.4, 0.5) is 5.69 Å². The number of imidazole rings is 1. The third kappa shape index (κ3) is 4.07. The normalized spacial score (nSPS) is 11.7. The molecule has 0 aliphatic carbocycles. The Morgan fingerprint density at radius 2 is 2.03 bits per heavy atom. The van der Waals surface area contributed by atoms with Crippen LogP contribution in [0.15, 0.2) is 69.1 Å². The monoisotopic (exact) mass is 441 g/mol. The van der Waals surface area contributed by atoms with E-state index >= 15 is 0 Å². The van der Waals surface area contributed by atoms with Gasteiger partial charge < -0.3 is 14.5 Å². The molecule has 2 aromatic carbocycles. The molecule has 0 saturated carbocycles. The minimum absolute atomic E-state index is 0.0273. The third-order valence-corrected chi connectivity index (χ3v) is 5.24. The van der Waals surface area contributed by atoms with E-state index in [1.807, 2.05) is 24.3 Å². The van der Waals surface area contributed by atoms with Crippen molar-refractivity contribution in [3.05, 3.63) is 80.4 Å². The van der Waals surface area contributed by atoms with E-state index in [-0.39, 0.29) is 32.7 Å². The van der Waals surface area contributed by atoms with Gasteiger partial charge in [0.1, 0.15) is 16.4 Å². The first kappa shape index (κ1) is 19.7. The van der Waals surface area contributed by atoms with Gasteiger partial charge in [0.25, 0.3) is 5.69 Å². The van der Waals surface area contributed by atoms with E-state index in [4.69, 9.17) is 16.0 Å². The SMILES string of the molecule is O=C(O)/C(=C/c1ccc(-c2ccc(Cl)cc2[N+](=O)[O-])o1)Sc1nc2ccccc2[nH]1. The number of aromatic amines is 1. The minimum atomic E-state index is -1.16. The van der Waals surface area contributed by atoms with E-state index in [1.165, 1.54) is 36.4 Å². The molecule has 0 aliphatic rings. The maximum Gasteiger partial charge on any atom is 0.342 e. The van der Waals surface area contributed by atoms with Crippen LogP contribution in [0.25, 0.3) is 28.4 Å². The lowest BCUT2D eigenvalue weighted by Crippen LogP contribution is -1.96. The summed E-state index contributed by atoms with van der Waals surface area (Å²) in [4.78, 5) is 29.8. The lowest BCUT2D eigenvalue weighted by atomic mass is 10.1. The number of nitro benzene ring substituents is 1. The number of furan rings is 1. The summed E-state index contributed by atoms with van der Waals surface area (Å²) in [5.41, 5.74) is 1.55. The summed E-state index contributed by atoms with van der Waals surface area (Å²) < 4.78 is 5.65. The topological polar surface area (TPSA) is 122 Å². The van der Waals surface area contributed by atoms with E-state index in [2.05, 4.69) is 9.97 Å². The van der Waals surface area contributed by atoms with Gasteiger partial charge in [0.15, 0.2) is 5.16 Å². The molecule has 2 heterocycles. The number of H-pyrrole nitrogens is 1. The third-order valence-electron chi connectivity index (χ3n) is 4.11. The van der Waals surface area contributed by atoms with Crippen LogP contribution in [-0.2, 0) is 4.79 Å². The van der Waals surface area contributed by atoms with E-state index < -0.39 is 10.9 Å². The number of nitrogens with zero attached hydrogens (tertiary/aromatic N) is 2. The average molecular weight is 442 g/mol. The summed E-state index contributed by atoms with van der Waals surface area (Å²) in [6, 6.07) is 14.6. The van der Waals surface area contributed by atoms with Crippen LogP contribution in [-0.4, -0.2) is 26.0 Å². The molecule has 150 valence electrons. The number of para-hydroxylation sites is 2. The first-order valence-corrected chi connectivity index (χ1v) is 9.72. The van der Waals surface area contributed by atoms with Gasteiger partial charge in [-0.25, -0.2) is 9.78 Å². The van der Waals surface area contributed by atoms with Gasteiger partial charge in [-0.05, 0) is 48.2 Å². The summed E-state index contributed by atoms with van der Waals surface area (Å²) in [5.74, 6) is -0.700. The standard InChI is InChI=1S/C20H12ClN3O5S/c21-11-5-7-13(16(9-11)24(27)28)17-8-6-12(29-17)10-18(19(25)26)30-20-22-14-3-1-2-4-15(14)23-20/h1-10H,(H,22,23)(H,25,26)/b18-10-. The zero-order valence-electron chi connectivity index (χ0n) is 15.0. The fourth-order valence-corrected chi connectivity index (χ4v) is 3.73. The lowest BCUT2D eigenvalue weighted by molar-refractivity contribution is -0.384. The number of aliphatic carboxylic acids is 1. The van der Waals surface area contributed by atoms with Gasteiger partial charge >= 0.3 is 5.97 Å². The maximum atomic E-state index is 11.7. The number of nitro groups is 1. The molecule has 0 radical (unpaired) electrons. The van der Waals surface area contributed by atoms with Crippen molar-refractivity contribution in [2.24, 2.45) is 0 Å². The smallest absolute Gasteiger partial charge is 0.342 e. The number of halogens is 1. The number of thioether (sulfide) groups is 1. The van der Waals surface area contributed by atoms with Gasteiger partial charge in [0.2, 0.25) is 0 Å². The number of aromatic nitrogens is 2. The van der Waals surface area contributed by atoms with Gasteiger partial charge in [0.05, 0.1) is 21.5 Å². The van der Waals surface area contributed by atoms with Crippen LogP contribution in [0.3, 0.4) is 0 Å². The average Bonchev–Trinajstić information content (AvgIpc) is 3.33. The summed E-state index contributed by atoms with van der Waals surface area (Å²) in [6.45, 7) is 0. The number of carboxylic acids is 1. The second-order valence-corrected chi connectivity index (χ2v) is 7.56. The lowest BCUT2D eigenvalue weighted by Gasteiger charge is -2.01. The van der Waals surface area contributed by atoms with Gasteiger partial charge in [-0.15, -0.1) is 0 Å². The van der Waals surface area contributed by atoms with Crippen LogP contribution in [0.2, 0.25) is 5.02 Å². The largest absolute Gasteiger partial charge is 0.477 e. The first-order chi connectivity index (χ1) is 14.4. The molecule has 0 aliphatic heterocycles. The van der Waals surface area contributed by atoms with Crippen molar-refractivity contribution in [2.45, 2.75) is 5.16 Å². The van der Waals surface area contributed by atoms with Crippen LogP contribution in [0.1, 0.15) is 5.76 Å². The number of rotatable bonds is 6. The highest BCUT2D eigenvalue weighted by atomic mass is 35.5. The summed E-state index contributed by atoms with van der Waals surface area (Å²) in [7, 11) is 0. The Morgan fingerprint density at radius 3 is 2.77 bits per heavy atom. The summed E-state index contributed by atoms with van der Waals surface area (Å²) >= 11 is 6.78. The number of benzene rings is 2. The Kier molecular flexibility index (Phi) is 5.30. The van der Waals surface area contributed by atoms with Crippen molar-refractivity contribution in [2.75, 3.05) is 0 Å². The molecule has 10 heteroatoms. The summed E-state index contributed by atoms with van der Waals surface area (Å²) in [6.07, 6.45) is 1.34. The maximum absolute atomic E-state index is 11.7. The molecule has 2 aromatic heterocycles. The second kappa shape index (κ2) is 8.05. The van der Waals surface area contributed by atoms with Crippen molar-refractivity contribution < 1.29 is 19.2 Å². The number of fused-ring (bicyclic) bond motifs is 1. The molecule has 4 aromatic rings. The zero-order chi connectivity index (χ0) is 21.3. The van der Waals surface area contributed by atoms with E-state index in [9.17, 15) is 20.0 Å². The Hall–Kier alpha value is -3.56. The summed E-state index contributed by atoms with van der Waals surface area (Å²) in [5, 5.41) is 21.5. The molecule has 0 unspecified atom stereocenters. The van der Waals surface area contributed by atoms with Crippen LogP contribution in [0, 0.1) is 10.1 Å². The molecule has 0 spiro atoms. The highest BCUT2D eigenvalue weighted by Gasteiger charge is 2.19. The van der Waals surface area contributed by atoms with Crippen LogP contribution >= 0.6 is 23.4 Å². The number of hydrogen-bond donors (Lipinski definition) is 2. The first-order valence-electron chi connectivity index (χ1n) is 8.52. The molecule has 0 amide bonds. The van der Waals surface area contributed by atoms with E-state index in [0.29, 0.717) is 5.16 Å². The molecule has 2 N–H and O–H groups in total. The van der Waals surface area contributed by atoms with Gasteiger partial charge in [-0.3, -0.25) is 10.1 Å². The number of nitrogens with one attached hydrogen (secondary N) is 1. The van der Waals surface area contributed by atoms with Crippen molar-refractivity contribution in [3.63, 3.8) is 0 Å². The number of carbonyl (C=O) groups is 1. The predicted octanol–water partition coefficient (Wildman–Crippen LogP) is 5.60. The predicted molar refractivity (Wildman–Crippen MR) is 113 cm³/mol. The van der Waals surface area contributed by atoms with Gasteiger partial charge in [-0.1, -0.05) is 23.7 Å². The van der Waals surface area contributed by atoms with E-state index in [1.54, 1.807) is 0 Å². The molecule has 0 fully saturated rings. The highest BCUT2D eigenvalue weighted by Crippen LogP contribution is 2.35. The van der Waals surface area contributed by atoms with Crippen molar-refractivity contribution >= 4 is 52.1 Å². The quantitative estimate of drug-likeness (QED) is 0.173. The van der Waals surface area contributed by atoms with E-state index in [0.717, 1.165) is 22.8 Å². The fourth-order valence-electron chi connectivity index (χ4n) is 2.79. The Balaban J connectivity index is 1.65. The Bertz CT molecular complexity index is 1280. The van der Waals surface area contributed by atoms with Crippen LogP contribution in [0.5, 0.6) is 0 Å². The van der Waals surface area contributed by atoms with Crippen molar-refractivity contribution in [1.29, 1.82) is 0 Å². The molecule has 30 heavy (non-hydrogen) atoms. The van der Waals surface area contributed by atoms with Crippen molar-refractivity contribution in [1.82, 2.24) is 9.97 Å². The van der Waals surface area contributed by atoms with Crippen molar-refractivity contribution in [3.8, 4) is 11.3 Å². The molecular formula is C20H12ClN3O5S.